The number of halogens is 1. The van der Waals surface area contributed by atoms with Crippen LogP contribution in [0.5, 0.6) is 5.75 Å². The van der Waals surface area contributed by atoms with Gasteiger partial charge in [-0.05, 0) is 41.3 Å². The van der Waals surface area contributed by atoms with Crippen molar-refractivity contribution in [1.29, 1.82) is 0 Å². The van der Waals surface area contributed by atoms with Gasteiger partial charge in [-0.1, -0.05) is 42.5 Å². The van der Waals surface area contributed by atoms with Crippen molar-refractivity contribution in [2.45, 2.75) is 12.8 Å². The number of benzene rings is 3. The van der Waals surface area contributed by atoms with E-state index in [1.165, 1.54) is 12.1 Å². The molecule has 0 heterocycles. The van der Waals surface area contributed by atoms with E-state index in [0.29, 0.717) is 29.5 Å². The molecule has 118 valence electrons. The second kappa shape index (κ2) is 5.60. The Morgan fingerprint density at radius 2 is 1.54 bits per heavy atom. The summed E-state index contributed by atoms with van der Waals surface area (Å²) < 4.78 is 13.2. The number of ketones is 1. The van der Waals surface area contributed by atoms with E-state index in [2.05, 4.69) is 0 Å². The Morgan fingerprint density at radius 1 is 0.833 bits per heavy atom. The zero-order chi connectivity index (χ0) is 16.7. The monoisotopic (exact) mass is 318 g/mol. The molecule has 0 aliphatic heterocycles. The van der Waals surface area contributed by atoms with Crippen LogP contribution >= 0.6 is 0 Å². The zero-order valence-corrected chi connectivity index (χ0v) is 12.9. The van der Waals surface area contributed by atoms with Crippen LogP contribution < -0.4 is 0 Å². The first-order chi connectivity index (χ1) is 11.6. The Balaban J connectivity index is 2.01. The molecule has 0 spiro atoms. The Morgan fingerprint density at radius 3 is 2.25 bits per heavy atom. The second-order valence-corrected chi connectivity index (χ2v) is 5.98. The number of Topliss-reactive ketones (excluding diaryl/α,β-unsaturated/α-hetero) is 1. The number of carbonyl (C=O) groups excluding carboxylic acids is 1. The molecule has 0 unspecified atom stereocenters. The highest BCUT2D eigenvalue weighted by Gasteiger charge is 2.28. The highest BCUT2D eigenvalue weighted by atomic mass is 19.1. The normalized spacial score (nSPS) is 13.1. The van der Waals surface area contributed by atoms with E-state index >= 15 is 0 Å². The molecule has 0 bridgehead atoms. The molecule has 3 aromatic carbocycles. The summed E-state index contributed by atoms with van der Waals surface area (Å²) in [5.74, 6) is -0.190. The molecule has 1 aliphatic rings. The van der Waals surface area contributed by atoms with Crippen molar-refractivity contribution in [3.63, 3.8) is 0 Å². The van der Waals surface area contributed by atoms with Crippen molar-refractivity contribution >= 4 is 5.78 Å². The van der Waals surface area contributed by atoms with Gasteiger partial charge in [-0.3, -0.25) is 4.79 Å². The average molecular weight is 318 g/mol. The van der Waals surface area contributed by atoms with Crippen molar-refractivity contribution < 1.29 is 14.3 Å². The van der Waals surface area contributed by atoms with Crippen LogP contribution in [0.25, 0.3) is 22.3 Å². The fourth-order valence-corrected chi connectivity index (χ4v) is 3.35. The molecule has 24 heavy (non-hydrogen) atoms. The first-order valence-electron chi connectivity index (χ1n) is 7.88. The van der Waals surface area contributed by atoms with Crippen molar-refractivity contribution in [2.24, 2.45) is 0 Å². The number of fused-ring (bicyclic) bond motifs is 1. The number of hydrogen-bond acceptors (Lipinski definition) is 2. The van der Waals surface area contributed by atoms with E-state index in [-0.39, 0.29) is 17.3 Å². The smallest absolute Gasteiger partial charge is 0.164 e. The minimum atomic E-state index is -0.321. The maximum Gasteiger partial charge on any atom is 0.164 e. The van der Waals surface area contributed by atoms with E-state index in [4.69, 9.17) is 0 Å². The third-order valence-corrected chi connectivity index (χ3v) is 4.50. The lowest BCUT2D eigenvalue weighted by Gasteiger charge is -2.15. The van der Waals surface area contributed by atoms with E-state index in [0.717, 1.165) is 16.7 Å². The van der Waals surface area contributed by atoms with Gasteiger partial charge < -0.3 is 5.11 Å². The molecule has 3 heteroatoms. The molecule has 0 fully saturated rings. The van der Waals surface area contributed by atoms with Crippen LogP contribution in [0, 0.1) is 5.82 Å². The number of carbonyl (C=O) groups is 1. The topological polar surface area (TPSA) is 37.3 Å². The number of aryl methyl sites for hydroxylation is 1. The highest BCUT2D eigenvalue weighted by molar-refractivity contribution is 6.09. The Bertz CT molecular complexity index is 928. The first kappa shape index (κ1) is 14.6. The minimum Gasteiger partial charge on any atom is -0.507 e. The predicted molar refractivity (Wildman–Crippen MR) is 91.6 cm³/mol. The fraction of sp³-hybridized carbons (Fsp3) is 0.0952. The fourth-order valence-electron chi connectivity index (χ4n) is 3.35. The molecular formula is C21H15FO2. The van der Waals surface area contributed by atoms with Crippen LogP contribution in [-0.4, -0.2) is 10.9 Å². The third kappa shape index (κ3) is 2.29. The van der Waals surface area contributed by atoms with Crippen LogP contribution in [-0.2, 0) is 6.42 Å². The third-order valence-electron chi connectivity index (χ3n) is 4.50. The largest absolute Gasteiger partial charge is 0.507 e. The standard InChI is InChI=1S/C21H15FO2/c22-16-9-6-13(7-10-16)17-12-15-8-11-18(23)19(15)20(21(17)24)14-4-2-1-3-5-14/h1-7,9-10,12,24H,8,11H2. The summed E-state index contributed by atoms with van der Waals surface area (Å²) in [6.07, 6.45) is 1.13. The minimum absolute atomic E-state index is 0.0600. The maximum atomic E-state index is 13.2. The molecule has 0 saturated carbocycles. The Hall–Kier alpha value is -2.94. The zero-order valence-electron chi connectivity index (χ0n) is 12.9. The molecule has 1 aliphatic carbocycles. The van der Waals surface area contributed by atoms with Crippen LogP contribution in [0.2, 0.25) is 0 Å². The highest BCUT2D eigenvalue weighted by Crippen LogP contribution is 2.44. The molecule has 0 atom stereocenters. The van der Waals surface area contributed by atoms with Crippen molar-refractivity contribution in [2.75, 3.05) is 0 Å². The van der Waals surface area contributed by atoms with Gasteiger partial charge in [0.25, 0.3) is 0 Å². The summed E-state index contributed by atoms with van der Waals surface area (Å²) in [5.41, 5.74) is 4.30. The molecule has 3 aromatic rings. The average Bonchev–Trinajstić information content (AvgIpc) is 2.97. The molecule has 4 rings (SSSR count). The summed E-state index contributed by atoms with van der Waals surface area (Å²) in [5, 5.41) is 10.9. The SMILES string of the molecule is O=C1CCc2cc(-c3ccc(F)cc3)c(O)c(-c3ccccc3)c21. The van der Waals surface area contributed by atoms with Crippen LogP contribution in [0.1, 0.15) is 22.3 Å². The summed E-state index contributed by atoms with van der Waals surface area (Å²) in [7, 11) is 0. The quantitative estimate of drug-likeness (QED) is 0.722. The number of phenols is 1. The number of aromatic hydroxyl groups is 1. The van der Waals surface area contributed by atoms with Crippen molar-refractivity contribution in [1.82, 2.24) is 0 Å². The van der Waals surface area contributed by atoms with E-state index < -0.39 is 0 Å². The van der Waals surface area contributed by atoms with E-state index in [9.17, 15) is 14.3 Å². The molecule has 0 radical (unpaired) electrons. The van der Waals surface area contributed by atoms with Crippen LogP contribution in [0.15, 0.2) is 60.7 Å². The van der Waals surface area contributed by atoms with Crippen molar-refractivity contribution in [3.05, 3.63) is 77.6 Å². The van der Waals surface area contributed by atoms with Gasteiger partial charge in [0.15, 0.2) is 5.78 Å². The van der Waals surface area contributed by atoms with Gasteiger partial charge in [-0.25, -0.2) is 4.39 Å². The Labute approximate surface area is 139 Å². The first-order valence-corrected chi connectivity index (χ1v) is 7.88. The van der Waals surface area contributed by atoms with Gasteiger partial charge in [0, 0.05) is 23.1 Å². The van der Waals surface area contributed by atoms with Gasteiger partial charge in [-0.2, -0.15) is 0 Å². The lowest BCUT2D eigenvalue weighted by Crippen LogP contribution is -1.98. The molecule has 0 amide bonds. The van der Waals surface area contributed by atoms with Gasteiger partial charge in [0.1, 0.15) is 11.6 Å². The number of hydrogen-bond donors (Lipinski definition) is 1. The van der Waals surface area contributed by atoms with Gasteiger partial charge in [-0.15, -0.1) is 0 Å². The van der Waals surface area contributed by atoms with Gasteiger partial charge in [0.2, 0.25) is 0 Å². The maximum absolute atomic E-state index is 13.2. The molecule has 1 N–H and O–H groups in total. The summed E-state index contributed by atoms with van der Waals surface area (Å²) in [4.78, 5) is 12.3. The molecule has 2 nitrogen and oxygen atoms in total. The van der Waals surface area contributed by atoms with Gasteiger partial charge in [0.05, 0.1) is 0 Å². The Kier molecular flexibility index (Phi) is 3.42. The summed E-state index contributed by atoms with van der Waals surface area (Å²) in [6, 6.07) is 17.3. The van der Waals surface area contributed by atoms with Gasteiger partial charge >= 0.3 is 0 Å². The molecular weight excluding hydrogens is 303 g/mol. The molecule has 0 saturated heterocycles. The predicted octanol–water partition coefficient (Wildman–Crippen LogP) is 4.99. The lowest BCUT2D eigenvalue weighted by atomic mass is 9.90. The lowest BCUT2D eigenvalue weighted by molar-refractivity contribution is 0.0995. The number of phenolic OH excluding ortho intramolecular Hbond substituents is 1. The van der Waals surface area contributed by atoms with Crippen LogP contribution in [0.3, 0.4) is 0 Å². The second-order valence-electron chi connectivity index (χ2n) is 5.98. The van der Waals surface area contributed by atoms with Crippen LogP contribution in [0.4, 0.5) is 4.39 Å². The van der Waals surface area contributed by atoms with Crippen molar-refractivity contribution in [3.8, 4) is 28.0 Å². The molecule has 0 aromatic heterocycles. The number of rotatable bonds is 2. The van der Waals surface area contributed by atoms with E-state index in [1.54, 1.807) is 12.1 Å². The van der Waals surface area contributed by atoms with E-state index in [1.807, 2.05) is 36.4 Å². The summed E-state index contributed by atoms with van der Waals surface area (Å²) in [6.45, 7) is 0. The summed E-state index contributed by atoms with van der Waals surface area (Å²) >= 11 is 0.